The molecule has 0 aliphatic carbocycles. The Labute approximate surface area is 117 Å². The quantitative estimate of drug-likeness (QED) is 0.899. The fraction of sp³-hybridized carbons (Fsp3) is 0.200. The number of benzene rings is 2. The minimum Gasteiger partial charge on any atom is -0.486 e. The molecule has 0 bridgehead atoms. The highest BCUT2D eigenvalue weighted by molar-refractivity contribution is 6.30. The first kappa shape index (κ1) is 13.8. The molecule has 0 radical (unpaired) electrons. The Morgan fingerprint density at radius 1 is 1.11 bits per heavy atom. The monoisotopic (exact) mass is 279 g/mol. The van der Waals surface area contributed by atoms with Crippen molar-refractivity contribution in [1.29, 1.82) is 0 Å². The summed E-state index contributed by atoms with van der Waals surface area (Å²) in [5, 5.41) is 3.15. The van der Waals surface area contributed by atoms with Crippen molar-refractivity contribution in [1.82, 2.24) is 5.32 Å². The van der Waals surface area contributed by atoms with Crippen LogP contribution in [0.2, 0.25) is 5.02 Å². The summed E-state index contributed by atoms with van der Waals surface area (Å²) in [6.07, 6.45) is 0. The topological polar surface area (TPSA) is 21.3 Å². The third-order valence-corrected chi connectivity index (χ3v) is 3.01. The molecule has 0 heterocycles. The smallest absolute Gasteiger partial charge is 0.183 e. The van der Waals surface area contributed by atoms with Crippen LogP contribution in [0, 0.1) is 5.82 Å². The van der Waals surface area contributed by atoms with Gasteiger partial charge in [-0.25, -0.2) is 4.39 Å². The molecule has 2 nitrogen and oxygen atoms in total. The van der Waals surface area contributed by atoms with Crippen LogP contribution >= 0.6 is 11.6 Å². The average Bonchev–Trinajstić information content (AvgIpc) is 2.42. The van der Waals surface area contributed by atoms with Crippen molar-refractivity contribution >= 4 is 11.6 Å². The van der Waals surface area contributed by atoms with Crippen LogP contribution < -0.4 is 10.1 Å². The van der Waals surface area contributed by atoms with Gasteiger partial charge in [0.1, 0.15) is 6.61 Å². The van der Waals surface area contributed by atoms with E-state index in [1.54, 1.807) is 12.1 Å². The molecule has 0 spiro atoms. The highest BCUT2D eigenvalue weighted by Gasteiger charge is 2.07. The van der Waals surface area contributed by atoms with Crippen LogP contribution in [0.1, 0.15) is 11.1 Å². The predicted octanol–water partition coefficient (Wildman–Crippen LogP) is 3.78. The van der Waals surface area contributed by atoms with E-state index in [1.807, 2.05) is 31.3 Å². The Bertz CT molecular complexity index is 542. The maximum Gasteiger partial charge on any atom is 0.183 e. The lowest BCUT2D eigenvalue weighted by molar-refractivity contribution is 0.290. The maximum atomic E-state index is 13.6. The summed E-state index contributed by atoms with van der Waals surface area (Å²) in [5.74, 6) is -0.345. The van der Waals surface area contributed by atoms with Gasteiger partial charge in [-0.15, -0.1) is 0 Å². The number of ether oxygens (including phenoxy) is 1. The minimum atomic E-state index is -0.518. The highest BCUT2D eigenvalue weighted by Crippen LogP contribution is 2.24. The van der Waals surface area contributed by atoms with Gasteiger partial charge in [-0.05, 0) is 30.3 Å². The molecular weight excluding hydrogens is 265 g/mol. The first-order valence-corrected chi connectivity index (χ1v) is 6.37. The van der Waals surface area contributed by atoms with Gasteiger partial charge >= 0.3 is 0 Å². The van der Waals surface area contributed by atoms with E-state index in [0.29, 0.717) is 6.61 Å². The van der Waals surface area contributed by atoms with Gasteiger partial charge in [-0.2, -0.15) is 0 Å². The van der Waals surface area contributed by atoms with Gasteiger partial charge < -0.3 is 10.1 Å². The molecule has 2 aromatic rings. The molecule has 2 aromatic carbocycles. The van der Waals surface area contributed by atoms with Crippen LogP contribution in [0.25, 0.3) is 0 Å². The molecule has 0 atom stereocenters. The van der Waals surface area contributed by atoms with Crippen molar-refractivity contribution in [2.75, 3.05) is 7.05 Å². The molecule has 0 fully saturated rings. The molecule has 0 amide bonds. The Kier molecular flexibility index (Phi) is 4.77. The van der Waals surface area contributed by atoms with E-state index in [1.165, 1.54) is 11.6 Å². The van der Waals surface area contributed by atoms with E-state index in [9.17, 15) is 4.39 Å². The van der Waals surface area contributed by atoms with Crippen LogP contribution in [-0.4, -0.2) is 7.05 Å². The van der Waals surface area contributed by atoms with Crippen molar-refractivity contribution in [2.24, 2.45) is 0 Å². The number of hydrogen-bond donors (Lipinski definition) is 1. The van der Waals surface area contributed by atoms with E-state index in [2.05, 4.69) is 5.32 Å². The molecular formula is C15H15ClFNO. The van der Waals surface area contributed by atoms with Gasteiger partial charge in [-0.3, -0.25) is 0 Å². The van der Waals surface area contributed by atoms with E-state index in [0.717, 1.165) is 12.1 Å². The summed E-state index contributed by atoms with van der Waals surface area (Å²) in [4.78, 5) is 0. The first-order chi connectivity index (χ1) is 9.20. The summed E-state index contributed by atoms with van der Waals surface area (Å²) in [6, 6.07) is 12.7. The minimum absolute atomic E-state index is 0.0712. The number of rotatable bonds is 5. The van der Waals surface area contributed by atoms with Gasteiger partial charge in [0.15, 0.2) is 11.6 Å². The second-order valence-corrected chi connectivity index (χ2v) is 4.59. The summed E-state index contributed by atoms with van der Waals surface area (Å²) in [6.45, 7) is 1.14. The average molecular weight is 280 g/mol. The largest absolute Gasteiger partial charge is 0.486 e. The molecule has 0 aliphatic heterocycles. The maximum absolute atomic E-state index is 13.6. The SMILES string of the molecule is CNCc1ccc(COc2cccc(Cl)c2F)cc1. The fourth-order valence-electron chi connectivity index (χ4n) is 1.71. The second kappa shape index (κ2) is 6.55. The fourth-order valence-corrected chi connectivity index (χ4v) is 1.88. The van der Waals surface area contributed by atoms with Crippen LogP contribution in [0.3, 0.4) is 0 Å². The number of hydrogen-bond acceptors (Lipinski definition) is 2. The Morgan fingerprint density at radius 2 is 1.79 bits per heavy atom. The third kappa shape index (κ3) is 3.69. The molecule has 2 rings (SSSR count). The van der Waals surface area contributed by atoms with Gasteiger partial charge in [-0.1, -0.05) is 41.9 Å². The van der Waals surface area contributed by atoms with Gasteiger partial charge in [0.05, 0.1) is 5.02 Å². The molecule has 0 saturated heterocycles. The zero-order chi connectivity index (χ0) is 13.7. The first-order valence-electron chi connectivity index (χ1n) is 6.00. The Hall–Kier alpha value is -1.58. The third-order valence-electron chi connectivity index (χ3n) is 2.71. The molecule has 100 valence electrons. The number of nitrogens with one attached hydrogen (secondary N) is 1. The summed E-state index contributed by atoms with van der Waals surface area (Å²) in [7, 11) is 1.90. The van der Waals surface area contributed by atoms with Crippen molar-refractivity contribution in [3.05, 3.63) is 64.4 Å². The lowest BCUT2D eigenvalue weighted by Gasteiger charge is -2.08. The van der Waals surface area contributed by atoms with Gasteiger partial charge in [0.2, 0.25) is 0 Å². The Balaban J connectivity index is 2.00. The van der Waals surface area contributed by atoms with Crippen molar-refractivity contribution < 1.29 is 9.13 Å². The summed E-state index contributed by atoms with van der Waals surface area (Å²) < 4.78 is 19.0. The summed E-state index contributed by atoms with van der Waals surface area (Å²) >= 11 is 5.69. The van der Waals surface area contributed by atoms with Crippen LogP contribution in [0.5, 0.6) is 5.75 Å². The van der Waals surface area contributed by atoms with Crippen LogP contribution in [-0.2, 0) is 13.2 Å². The standard InChI is InChI=1S/C15H15ClFNO/c1-18-9-11-5-7-12(8-6-11)10-19-14-4-2-3-13(16)15(14)17/h2-8,18H,9-10H2,1H3. The van der Waals surface area contributed by atoms with E-state index >= 15 is 0 Å². The predicted molar refractivity (Wildman–Crippen MR) is 74.9 cm³/mol. The van der Waals surface area contributed by atoms with Crippen LogP contribution in [0.15, 0.2) is 42.5 Å². The number of halogens is 2. The van der Waals surface area contributed by atoms with Crippen molar-refractivity contribution in [3.63, 3.8) is 0 Å². The zero-order valence-electron chi connectivity index (χ0n) is 10.6. The molecule has 1 N–H and O–H groups in total. The van der Waals surface area contributed by atoms with E-state index < -0.39 is 5.82 Å². The molecule has 0 aliphatic rings. The van der Waals surface area contributed by atoms with Crippen molar-refractivity contribution in [3.8, 4) is 5.75 Å². The van der Waals surface area contributed by atoms with E-state index in [4.69, 9.17) is 16.3 Å². The molecule has 19 heavy (non-hydrogen) atoms. The molecule has 0 saturated carbocycles. The molecule has 0 aromatic heterocycles. The highest BCUT2D eigenvalue weighted by atomic mass is 35.5. The lowest BCUT2D eigenvalue weighted by atomic mass is 10.1. The van der Waals surface area contributed by atoms with Crippen LogP contribution in [0.4, 0.5) is 4.39 Å². The second-order valence-electron chi connectivity index (χ2n) is 4.19. The van der Waals surface area contributed by atoms with Crippen molar-refractivity contribution in [2.45, 2.75) is 13.2 Å². The molecule has 0 unspecified atom stereocenters. The zero-order valence-corrected chi connectivity index (χ0v) is 11.4. The molecule has 4 heteroatoms. The normalized spacial score (nSPS) is 10.5. The van der Waals surface area contributed by atoms with Gasteiger partial charge in [0.25, 0.3) is 0 Å². The lowest BCUT2D eigenvalue weighted by Crippen LogP contribution is -2.05. The summed E-state index contributed by atoms with van der Waals surface area (Å²) in [5.41, 5.74) is 2.18. The van der Waals surface area contributed by atoms with E-state index in [-0.39, 0.29) is 10.8 Å². The van der Waals surface area contributed by atoms with Gasteiger partial charge in [0, 0.05) is 6.54 Å². The Morgan fingerprint density at radius 3 is 2.47 bits per heavy atom.